The number of likely N-dealkylation sites (N-methyl/N-ethyl adjacent to an activating group) is 1. The van der Waals surface area contributed by atoms with Crippen molar-refractivity contribution in [3.05, 3.63) is 28.2 Å². The molecular formula is C15H20BrClFN3. The molecule has 1 aromatic carbocycles. The van der Waals surface area contributed by atoms with Crippen LogP contribution in [0.3, 0.4) is 0 Å². The summed E-state index contributed by atoms with van der Waals surface area (Å²) in [5.41, 5.74) is 1.53. The average Bonchev–Trinajstić information content (AvgIpc) is 2.68. The highest BCUT2D eigenvalue weighted by atomic mass is 79.9. The quantitative estimate of drug-likeness (QED) is 0.734. The van der Waals surface area contributed by atoms with Crippen LogP contribution in [0.1, 0.15) is 19.7 Å². The maximum Gasteiger partial charge on any atom is 0.139 e. The second-order valence-electron chi connectivity index (χ2n) is 6.02. The number of hydrogen-bond donors (Lipinski definition) is 0. The van der Waals surface area contributed by atoms with Crippen molar-refractivity contribution in [1.29, 1.82) is 0 Å². The van der Waals surface area contributed by atoms with E-state index >= 15 is 0 Å². The summed E-state index contributed by atoms with van der Waals surface area (Å²) in [5.74, 6) is 1.12. The van der Waals surface area contributed by atoms with Crippen LogP contribution < -0.4 is 0 Å². The highest BCUT2D eigenvalue weighted by Crippen LogP contribution is 2.26. The van der Waals surface area contributed by atoms with E-state index < -0.39 is 0 Å². The number of halogens is 3. The molecule has 1 aromatic heterocycles. The van der Waals surface area contributed by atoms with Gasteiger partial charge in [0.05, 0.1) is 15.5 Å². The minimum Gasteiger partial charge on any atom is -0.326 e. The van der Waals surface area contributed by atoms with Gasteiger partial charge in [-0.05, 0) is 49.9 Å². The van der Waals surface area contributed by atoms with E-state index in [1.807, 2.05) is 14.1 Å². The Bertz CT molecular complexity index is 652. The minimum absolute atomic E-state index is 0.0712. The van der Waals surface area contributed by atoms with Gasteiger partial charge in [0, 0.05) is 30.5 Å². The van der Waals surface area contributed by atoms with Crippen molar-refractivity contribution in [3.8, 4) is 0 Å². The lowest BCUT2D eigenvalue weighted by atomic mass is 10.0. The van der Waals surface area contributed by atoms with Gasteiger partial charge in [-0.1, -0.05) is 0 Å². The third-order valence-corrected chi connectivity index (χ3v) is 4.74. The molecule has 0 amide bonds. The molecule has 0 unspecified atom stereocenters. The maximum absolute atomic E-state index is 13.9. The first-order valence-electron chi connectivity index (χ1n) is 6.84. The molecule has 0 fully saturated rings. The molecule has 0 saturated carbocycles. The van der Waals surface area contributed by atoms with Gasteiger partial charge in [-0.3, -0.25) is 0 Å². The summed E-state index contributed by atoms with van der Waals surface area (Å²) >= 11 is 9.10. The summed E-state index contributed by atoms with van der Waals surface area (Å²) < 4.78 is 16.4. The molecule has 21 heavy (non-hydrogen) atoms. The van der Waals surface area contributed by atoms with E-state index in [0.29, 0.717) is 16.8 Å². The molecule has 2 aromatic rings. The summed E-state index contributed by atoms with van der Waals surface area (Å²) in [7, 11) is 4.08. The Balaban J connectivity index is 2.58. The van der Waals surface area contributed by atoms with Crippen molar-refractivity contribution >= 4 is 38.6 Å². The smallest absolute Gasteiger partial charge is 0.139 e. The maximum atomic E-state index is 13.9. The molecule has 0 bridgehead atoms. The van der Waals surface area contributed by atoms with Crippen LogP contribution in [0.25, 0.3) is 11.0 Å². The van der Waals surface area contributed by atoms with Gasteiger partial charge in [-0.2, -0.15) is 0 Å². The Kier molecular flexibility index (Phi) is 4.96. The lowest BCUT2D eigenvalue weighted by molar-refractivity contribution is 0.170. The van der Waals surface area contributed by atoms with Gasteiger partial charge in [0.2, 0.25) is 0 Å². The number of nitrogens with zero attached hydrogens (tertiary/aromatic N) is 3. The van der Waals surface area contributed by atoms with Crippen LogP contribution in [0.5, 0.6) is 0 Å². The van der Waals surface area contributed by atoms with Gasteiger partial charge in [0.25, 0.3) is 0 Å². The van der Waals surface area contributed by atoms with Crippen molar-refractivity contribution in [2.75, 3.05) is 20.0 Å². The number of hydrogen-bond acceptors (Lipinski definition) is 2. The standard InChI is InChI=1S/C15H20BrClFN3/c1-15(2,20(3)4)9-21-13-8-11(18)10(16)7-12(13)19-14(21)5-6-17/h7-8H,5-6,9H2,1-4H3. The summed E-state index contributed by atoms with van der Waals surface area (Å²) in [5, 5.41) is 0. The molecule has 0 spiro atoms. The lowest BCUT2D eigenvalue weighted by Gasteiger charge is -2.33. The van der Waals surface area contributed by atoms with E-state index in [0.717, 1.165) is 23.4 Å². The van der Waals surface area contributed by atoms with Crippen molar-refractivity contribution in [2.45, 2.75) is 32.4 Å². The lowest BCUT2D eigenvalue weighted by Crippen LogP contribution is -2.42. The Morgan fingerprint density at radius 3 is 2.62 bits per heavy atom. The molecular weight excluding hydrogens is 357 g/mol. The zero-order valence-corrected chi connectivity index (χ0v) is 15.1. The van der Waals surface area contributed by atoms with Gasteiger partial charge in [-0.15, -0.1) is 11.6 Å². The number of benzene rings is 1. The summed E-state index contributed by atoms with van der Waals surface area (Å²) in [4.78, 5) is 6.76. The van der Waals surface area contributed by atoms with Gasteiger partial charge in [0.15, 0.2) is 0 Å². The second-order valence-corrected chi connectivity index (χ2v) is 7.25. The van der Waals surface area contributed by atoms with Crippen LogP contribution in [0.2, 0.25) is 0 Å². The van der Waals surface area contributed by atoms with Crippen LogP contribution in [-0.4, -0.2) is 40.0 Å². The van der Waals surface area contributed by atoms with Crippen LogP contribution >= 0.6 is 27.5 Å². The molecule has 0 atom stereocenters. The summed E-state index contributed by atoms with van der Waals surface area (Å²) in [6.45, 7) is 5.03. The largest absolute Gasteiger partial charge is 0.326 e. The van der Waals surface area contributed by atoms with Crippen LogP contribution in [0, 0.1) is 5.82 Å². The molecule has 6 heteroatoms. The topological polar surface area (TPSA) is 21.1 Å². The number of alkyl halides is 1. The van der Waals surface area contributed by atoms with Gasteiger partial charge in [0.1, 0.15) is 11.6 Å². The number of rotatable bonds is 5. The van der Waals surface area contributed by atoms with Gasteiger partial charge in [-0.25, -0.2) is 9.37 Å². The number of aryl methyl sites for hydroxylation is 1. The molecule has 3 nitrogen and oxygen atoms in total. The second kappa shape index (κ2) is 6.23. The molecule has 0 aliphatic rings. The summed E-state index contributed by atoms with van der Waals surface area (Å²) in [6.07, 6.45) is 0.666. The van der Waals surface area contributed by atoms with E-state index in [1.54, 1.807) is 6.07 Å². The Hall–Kier alpha value is -0.650. The van der Waals surface area contributed by atoms with Gasteiger partial charge < -0.3 is 9.47 Å². The zero-order chi connectivity index (χ0) is 15.8. The van der Waals surface area contributed by atoms with Crippen LogP contribution in [-0.2, 0) is 13.0 Å². The third kappa shape index (κ3) is 3.41. The van der Waals surface area contributed by atoms with Gasteiger partial charge >= 0.3 is 0 Å². The first kappa shape index (κ1) is 16.7. The molecule has 0 radical (unpaired) electrons. The Labute approximate surface area is 138 Å². The molecule has 2 rings (SSSR count). The van der Waals surface area contributed by atoms with Crippen molar-refractivity contribution in [2.24, 2.45) is 0 Å². The fourth-order valence-corrected chi connectivity index (χ4v) is 2.65. The fraction of sp³-hybridized carbons (Fsp3) is 0.533. The van der Waals surface area contributed by atoms with E-state index in [2.05, 4.69) is 44.2 Å². The normalized spacial score (nSPS) is 12.6. The molecule has 116 valence electrons. The van der Waals surface area contributed by atoms with Crippen molar-refractivity contribution < 1.29 is 4.39 Å². The molecule has 0 aliphatic heterocycles. The first-order chi connectivity index (χ1) is 9.76. The van der Waals surface area contributed by atoms with E-state index in [-0.39, 0.29) is 11.4 Å². The molecule has 1 heterocycles. The molecule has 0 saturated heterocycles. The SMILES string of the molecule is CN(C)C(C)(C)Cn1c(CCCl)nc2cc(Br)c(F)cc21. The fourth-order valence-electron chi connectivity index (χ4n) is 2.15. The first-order valence-corrected chi connectivity index (χ1v) is 8.16. The van der Waals surface area contributed by atoms with E-state index in [1.165, 1.54) is 6.07 Å². The Morgan fingerprint density at radius 2 is 2.05 bits per heavy atom. The Morgan fingerprint density at radius 1 is 1.38 bits per heavy atom. The number of imidazole rings is 1. The molecule has 0 N–H and O–H groups in total. The predicted molar refractivity (Wildman–Crippen MR) is 89.6 cm³/mol. The van der Waals surface area contributed by atoms with E-state index in [4.69, 9.17) is 11.6 Å². The highest BCUT2D eigenvalue weighted by molar-refractivity contribution is 9.10. The third-order valence-electron chi connectivity index (χ3n) is 3.94. The van der Waals surface area contributed by atoms with Crippen molar-refractivity contribution in [1.82, 2.24) is 14.5 Å². The predicted octanol–water partition coefficient (Wildman–Crippen LogP) is 4.06. The highest BCUT2D eigenvalue weighted by Gasteiger charge is 2.24. The summed E-state index contributed by atoms with van der Waals surface area (Å²) in [6, 6.07) is 3.26. The zero-order valence-electron chi connectivity index (χ0n) is 12.8. The average molecular weight is 377 g/mol. The number of aromatic nitrogens is 2. The van der Waals surface area contributed by atoms with Crippen LogP contribution in [0.4, 0.5) is 4.39 Å². The molecule has 0 aliphatic carbocycles. The number of fused-ring (bicyclic) bond motifs is 1. The van der Waals surface area contributed by atoms with Crippen LogP contribution in [0.15, 0.2) is 16.6 Å². The van der Waals surface area contributed by atoms with Crippen molar-refractivity contribution in [3.63, 3.8) is 0 Å². The van der Waals surface area contributed by atoms with E-state index in [9.17, 15) is 4.39 Å². The minimum atomic E-state index is -0.274. The monoisotopic (exact) mass is 375 g/mol.